The summed E-state index contributed by atoms with van der Waals surface area (Å²) in [6.45, 7) is 8.34. The minimum atomic E-state index is -2.40. The quantitative estimate of drug-likeness (QED) is 0.504. The van der Waals surface area contributed by atoms with Crippen molar-refractivity contribution in [3.05, 3.63) is 30.0 Å². The van der Waals surface area contributed by atoms with E-state index in [-0.39, 0.29) is 0 Å². The molecule has 0 aliphatic rings. The van der Waals surface area contributed by atoms with Gasteiger partial charge in [-0.2, -0.15) is 15.2 Å². The number of nitriles is 1. The summed E-state index contributed by atoms with van der Waals surface area (Å²) in [6, 6.07) is 7.55. The molecule has 0 atom stereocenters. The number of ether oxygens (including phenoxy) is 1. The number of aromatic nitrogens is 3. The van der Waals surface area contributed by atoms with Gasteiger partial charge < -0.3 is 24.9 Å². The van der Waals surface area contributed by atoms with E-state index in [1.807, 2.05) is 6.07 Å². The van der Waals surface area contributed by atoms with Gasteiger partial charge in [0.15, 0.2) is 0 Å². The second-order valence-electron chi connectivity index (χ2n) is 7.57. The minimum Gasteiger partial charge on any atom is -0.495 e. The molecule has 152 valence electrons. The Balaban J connectivity index is 2.02. The average molecular weight is 412 g/mol. The van der Waals surface area contributed by atoms with Crippen LogP contribution in [0.2, 0.25) is 0 Å². The monoisotopic (exact) mass is 412 g/mol. The molecule has 0 bridgehead atoms. The lowest BCUT2D eigenvalue weighted by atomic mass is 10.2. The third-order valence-corrected chi connectivity index (χ3v) is 5.90. The van der Waals surface area contributed by atoms with E-state index in [9.17, 15) is 9.83 Å². The number of hydrogen-bond acceptors (Lipinski definition) is 7. The second kappa shape index (κ2) is 8.14. The van der Waals surface area contributed by atoms with Crippen molar-refractivity contribution in [1.29, 1.82) is 5.26 Å². The summed E-state index contributed by atoms with van der Waals surface area (Å²) in [7, 11) is -0.845. The molecular formula is C20H25N6O2P. The Morgan fingerprint density at radius 2 is 2.07 bits per heavy atom. The van der Waals surface area contributed by atoms with Crippen LogP contribution in [0.15, 0.2) is 24.4 Å². The van der Waals surface area contributed by atoms with Gasteiger partial charge in [-0.25, -0.2) is 0 Å². The SMILES string of the molecule is COc1cc(P(C)(C)=O)ccc1Nc1nc(NCC(C)C)c2c(C#N)c[nH]c2n1. The molecule has 8 nitrogen and oxygen atoms in total. The Morgan fingerprint density at radius 3 is 2.69 bits per heavy atom. The molecule has 0 aliphatic heterocycles. The number of anilines is 3. The maximum Gasteiger partial charge on any atom is 0.231 e. The highest BCUT2D eigenvalue weighted by Crippen LogP contribution is 2.38. The van der Waals surface area contributed by atoms with Gasteiger partial charge in [0.2, 0.25) is 5.95 Å². The molecule has 0 fully saturated rings. The van der Waals surface area contributed by atoms with E-state index in [1.165, 1.54) is 0 Å². The number of hydrogen-bond donors (Lipinski definition) is 3. The van der Waals surface area contributed by atoms with Crippen LogP contribution < -0.4 is 20.7 Å². The van der Waals surface area contributed by atoms with E-state index in [0.29, 0.717) is 52.3 Å². The molecule has 0 aliphatic carbocycles. The first-order chi connectivity index (χ1) is 13.7. The van der Waals surface area contributed by atoms with Crippen LogP contribution in [-0.4, -0.2) is 41.9 Å². The zero-order chi connectivity index (χ0) is 21.2. The smallest absolute Gasteiger partial charge is 0.231 e. The summed E-state index contributed by atoms with van der Waals surface area (Å²) >= 11 is 0. The molecule has 0 radical (unpaired) electrons. The fourth-order valence-electron chi connectivity index (χ4n) is 2.84. The van der Waals surface area contributed by atoms with Crippen molar-refractivity contribution >= 4 is 40.9 Å². The van der Waals surface area contributed by atoms with Gasteiger partial charge in [-0.15, -0.1) is 0 Å². The van der Waals surface area contributed by atoms with Crippen LogP contribution >= 0.6 is 7.14 Å². The van der Waals surface area contributed by atoms with Gasteiger partial charge in [-0.1, -0.05) is 13.8 Å². The number of nitrogens with one attached hydrogen (secondary N) is 3. The molecular weight excluding hydrogens is 387 g/mol. The number of H-pyrrole nitrogens is 1. The zero-order valence-electron chi connectivity index (χ0n) is 17.2. The number of aromatic amines is 1. The van der Waals surface area contributed by atoms with Crippen molar-refractivity contribution < 1.29 is 9.30 Å². The van der Waals surface area contributed by atoms with Crippen LogP contribution in [0.3, 0.4) is 0 Å². The normalized spacial score (nSPS) is 11.5. The molecule has 0 unspecified atom stereocenters. The Labute approximate surface area is 170 Å². The number of rotatable bonds is 7. The second-order valence-corrected chi connectivity index (χ2v) is 10.8. The number of nitrogens with zero attached hydrogens (tertiary/aromatic N) is 3. The Morgan fingerprint density at radius 1 is 1.31 bits per heavy atom. The van der Waals surface area contributed by atoms with Gasteiger partial charge in [0, 0.05) is 18.0 Å². The summed E-state index contributed by atoms with van der Waals surface area (Å²) in [5.74, 6) is 1.91. The Kier molecular flexibility index (Phi) is 5.81. The van der Waals surface area contributed by atoms with Crippen molar-refractivity contribution in [2.45, 2.75) is 13.8 Å². The maximum atomic E-state index is 12.4. The largest absolute Gasteiger partial charge is 0.495 e. The van der Waals surface area contributed by atoms with Crippen LogP contribution in [0.4, 0.5) is 17.5 Å². The molecule has 3 aromatic rings. The lowest BCUT2D eigenvalue weighted by molar-refractivity contribution is 0.417. The summed E-state index contributed by atoms with van der Waals surface area (Å²) in [5.41, 5.74) is 1.71. The minimum absolute atomic E-state index is 0.359. The van der Waals surface area contributed by atoms with E-state index in [1.54, 1.807) is 38.8 Å². The van der Waals surface area contributed by atoms with E-state index in [2.05, 4.69) is 45.5 Å². The summed E-state index contributed by atoms with van der Waals surface area (Å²) in [5, 5.41) is 17.3. The standard InChI is InChI=1S/C20H25N6O2P/c1-12(2)10-22-18-17-13(9-21)11-23-19(17)26-20(25-18)24-15-7-6-14(29(4,5)27)8-16(15)28-3/h6-8,11-12H,10H2,1-5H3,(H3,22,23,24,25,26). The van der Waals surface area contributed by atoms with E-state index >= 15 is 0 Å². The molecule has 29 heavy (non-hydrogen) atoms. The molecule has 2 heterocycles. The average Bonchev–Trinajstić information content (AvgIpc) is 3.08. The highest BCUT2D eigenvalue weighted by molar-refractivity contribution is 7.70. The zero-order valence-corrected chi connectivity index (χ0v) is 18.1. The van der Waals surface area contributed by atoms with Crippen LogP contribution in [0.25, 0.3) is 11.0 Å². The molecule has 0 spiro atoms. The summed E-state index contributed by atoms with van der Waals surface area (Å²) < 4.78 is 17.8. The number of benzene rings is 1. The first-order valence-corrected chi connectivity index (χ1v) is 11.9. The van der Waals surface area contributed by atoms with Gasteiger partial charge in [-0.05, 0) is 37.4 Å². The van der Waals surface area contributed by atoms with Crippen LogP contribution in [0.5, 0.6) is 5.75 Å². The van der Waals surface area contributed by atoms with Crippen molar-refractivity contribution in [2.24, 2.45) is 5.92 Å². The third-order valence-electron chi connectivity index (χ3n) is 4.38. The highest BCUT2D eigenvalue weighted by Gasteiger charge is 2.17. The molecule has 2 aromatic heterocycles. The van der Waals surface area contributed by atoms with E-state index in [0.717, 1.165) is 5.30 Å². The predicted molar refractivity (Wildman–Crippen MR) is 117 cm³/mol. The highest BCUT2D eigenvalue weighted by atomic mass is 31.2. The fourth-order valence-corrected chi connectivity index (χ4v) is 3.71. The van der Waals surface area contributed by atoms with Gasteiger partial charge in [-0.3, -0.25) is 0 Å². The van der Waals surface area contributed by atoms with Crippen molar-refractivity contribution in [3.8, 4) is 11.8 Å². The maximum absolute atomic E-state index is 12.4. The summed E-state index contributed by atoms with van der Waals surface area (Å²) in [6.07, 6.45) is 1.62. The van der Waals surface area contributed by atoms with E-state index < -0.39 is 7.14 Å². The van der Waals surface area contributed by atoms with Crippen molar-refractivity contribution in [1.82, 2.24) is 15.0 Å². The van der Waals surface area contributed by atoms with Gasteiger partial charge in [0.1, 0.15) is 30.4 Å². The molecule has 9 heteroatoms. The van der Waals surface area contributed by atoms with Crippen LogP contribution in [0.1, 0.15) is 19.4 Å². The van der Waals surface area contributed by atoms with Gasteiger partial charge in [0.05, 0.1) is 23.7 Å². The topological polar surface area (TPSA) is 116 Å². The molecule has 3 rings (SSSR count). The number of methoxy groups -OCH3 is 1. The van der Waals surface area contributed by atoms with Crippen molar-refractivity contribution in [3.63, 3.8) is 0 Å². The molecule has 3 N–H and O–H groups in total. The predicted octanol–water partition coefficient (Wildman–Crippen LogP) is 3.90. The van der Waals surface area contributed by atoms with Crippen LogP contribution in [0, 0.1) is 17.2 Å². The molecule has 0 saturated carbocycles. The van der Waals surface area contributed by atoms with Gasteiger partial charge >= 0.3 is 0 Å². The number of fused-ring (bicyclic) bond motifs is 1. The van der Waals surface area contributed by atoms with Crippen LogP contribution in [-0.2, 0) is 4.57 Å². The fraction of sp³-hybridized carbons (Fsp3) is 0.350. The third kappa shape index (κ3) is 4.52. The first-order valence-electron chi connectivity index (χ1n) is 9.26. The Bertz CT molecular complexity index is 1130. The lowest BCUT2D eigenvalue weighted by Gasteiger charge is -2.15. The van der Waals surface area contributed by atoms with Gasteiger partial charge in [0.25, 0.3) is 0 Å². The molecule has 0 amide bonds. The first kappa shape index (κ1) is 20.7. The van der Waals surface area contributed by atoms with Crippen molar-refractivity contribution in [2.75, 3.05) is 37.6 Å². The Hall–Kier alpha value is -3.04. The summed E-state index contributed by atoms with van der Waals surface area (Å²) in [4.78, 5) is 12.1. The van der Waals surface area contributed by atoms with E-state index in [4.69, 9.17) is 4.74 Å². The lowest BCUT2D eigenvalue weighted by Crippen LogP contribution is -2.11. The molecule has 0 saturated heterocycles. The molecule has 1 aromatic carbocycles.